The molecule has 0 atom stereocenters. The number of anilines is 1. The first-order valence-corrected chi connectivity index (χ1v) is 9.48. The smallest absolute Gasteiger partial charge is 0.255 e. The van der Waals surface area contributed by atoms with Gasteiger partial charge in [0.2, 0.25) is 0 Å². The number of benzene rings is 3. The highest BCUT2D eigenvalue weighted by molar-refractivity contribution is 9.10. The summed E-state index contributed by atoms with van der Waals surface area (Å²) in [6.07, 6.45) is 0. The number of hydrogen-bond donors (Lipinski definition) is 1. The zero-order chi connectivity index (χ0) is 19.0. The van der Waals surface area contributed by atoms with Crippen LogP contribution in [0.25, 0.3) is 22.2 Å². The van der Waals surface area contributed by atoms with Gasteiger partial charge in [-0.1, -0.05) is 44.3 Å². The average molecular weight is 462 g/mol. The van der Waals surface area contributed by atoms with Crippen LogP contribution < -0.4 is 5.32 Å². The molecule has 0 radical (unpaired) electrons. The average Bonchev–Trinajstić information content (AvgIpc) is 3.08. The molecule has 0 bridgehead atoms. The predicted octanol–water partition coefficient (Wildman–Crippen LogP) is 6.82. The second-order valence-electron chi connectivity index (χ2n) is 5.83. The minimum Gasteiger partial charge on any atom is -0.355 e. The van der Waals surface area contributed by atoms with E-state index in [2.05, 4.69) is 26.4 Å². The molecule has 0 fully saturated rings. The largest absolute Gasteiger partial charge is 0.355 e. The van der Waals surface area contributed by atoms with Gasteiger partial charge in [-0.25, -0.2) is 0 Å². The van der Waals surface area contributed by atoms with Crippen LogP contribution >= 0.6 is 39.1 Å². The van der Waals surface area contributed by atoms with E-state index in [9.17, 15) is 4.79 Å². The highest BCUT2D eigenvalue weighted by Crippen LogP contribution is 2.31. The fraction of sp³-hybridized carbons (Fsp3) is 0. The summed E-state index contributed by atoms with van der Waals surface area (Å²) in [5.74, 6) is 0.347. The van der Waals surface area contributed by atoms with Crippen molar-refractivity contribution in [2.45, 2.75) is 0 Å². The highest BCUT2D eigenvalue weighted by Gasteiger charge is 2.14. The number of carbonyl (C=O) groups is 1. The van der Waals surface area contributed by atoms with Gasteiger partial charge in [-0.05, 0) is 60.7 Å². The van der Waals surface area contributed by atoms with E-state index in [-0.39, 0.29) is 5.91 Å². The zero-order valence-corrected chi connectivity index (χ0v) is 16.8. The summed E-state index contributed by atoms with van der Waals surface area (Å²) in [6.45, 7) is 0. The molecular formula is C20H11BrCl2N2O2. The van der Waals surface area contributed by atoms with Crippen molar-refractivity contribution in [3.8, 4) is 11.3 Å². The maximum Gasteiger partial charge on any atom is 0.255 e. The molecule has 1 N–H and O–H groups in total. The third-order valence-corrected chi connectivity index (χ3v) is 5.29. The lowest BCUT2D eigenvalue weighted by Gasteiger charge is -2.06. The van der Waals surface area contributed by atoms with Crippen molar-refractivity contribution in [1.82, 2.24) is 5.16 Å². The molecule has 1 heterocycles. The van der Waals surface area contributed by atoms with E-state index in [1.54, 1.807) is 36.4 Å². The zero-order valence-electron chi connectivity index (χ0n) is 13.7. The first kappa shape index (κ1) is 18.0. The second kappa shape index (κ2) is 7.35. The van der Waals surface area contributed by atoms with Gasteiger partial charge in [0, 0.05) is 21.3 Å². The van der Waals surface area contributed by atoms with E-state index in [4.69, 9.17) is 27.7 Å². The maximum atomic E-state index is 12.6. The van der Waals surface area contributed by atoms with Crippen LogP contribution in [0.1, 0.15) is 10.4 Å². The third kappa shape index (κ3) is 3.72. The molecule has 7 heteroatoms. The van der Waals surface area contributed by atoms with Crippen molar-refractivity contribution < 1.29 is 9.32 Å². The summed E-state index contributed by atoms with van der Waals surface area (Å²) in [6, 6.07) is 17.8. The summed E-state index contributed by atoms with van der Waals surface area (Å²) in [7, 11) is 0. The number of nitrogens with one attached hydrogen (secondary N) is 1. The van der Waals surface area contributed by atoms with Crippen LogP contribution in [0.3, 0.4) is 0 Å². The van der Waals surface area contributed by atoms with E-state index in [1.165, 1.54) is 0 Å². The van der Waals surface area contributed by atoms with Gasteiger partial charge in [0.1, 0.15) is 5.52 Å². The summed E-state index contributed by atoms with van der Waals surface area (Å²) in [4.78, 5) is 12.6. The third-order valence-electron chi connectivity index (χ3n) is 4.02. The Labute approximate surface area is 173 Å². The molecule has 0 unspecified atom stereocenters. The van der Waals surface area contributed by atoms with Gasteiger partial charge in [0.15, 0.2) is 5.76 Å². The summed E-state index contributed by atoms with van der Waals surface area (Å²) >= 11 is 15.3. The first-order chi connectivity index (χ1) is 13.0. The Morgan fingerprint density at radius 1 is 0.963 bits per heavy atom. The van der Waals surface area contributed by atoms with Crippen molar-refractivity contribution in [1.29, 1.82) is 0 Å². The Kier molecular flexibility index (Phi) is 4.91. The Hall–Kier alpha value is -2.34. The predicted molar refractivity (Wildman–Crippen MR) is 112 cm³/mol. The van der Waals surface area contributed by atoms with E-state index in [1.807, 2.05) is 24.3 Å². The lowest BCUT2D eigenvalue weighted by Crippen LogP contribution is -2.11. The lowest BCUT2D eigenvalue weighted by molar-refractivity contribution is 0.102. The van der Waals surface area contributed by atoms with Crippen molar-refractivity contribution >= 4 is 61.6 Å². The molecule has 0 aliphatic rings. The standard InChI is InChI=1S/C20H11BrCl2N2O2/c21-13-4-1-11(2-5-13)19-15-9-12(3-8-18(15)25-27-19)20(26)24-14-6-7-16(22)17(23)10-14/h1-10H,(H,24,26). The normalized spacial score (nSPS) is 10.9. The quantitative estimate of drug-likeness (QED) is 0.364. The molecule has 1 amide bonds. The van der Waals surface area contributed by atoms with Crippen LogP contribution in [0.15, 0.2) is 69.7 Å². The fourth-order valence-corrected chi connectivity index (χ4v) is 3.23. The molecule has 3 aromatic carbocycles. The van der Waals surface area contributed by atoms with Gasteiger partial charge >= 0.3 is 0 Å². The second-order valence-corrected chi connectivity index (χ2v) is 7.56. The summed E-state index contributed by atoms with van der Waals surface area (Å²) in [5, 5.41) is 8.45. The van der Waals surface area contributed by atoms with Crippen LogP contribution in [0.4, 0.5) is 5.69 Å². The molecule has 0 spiro atoms. The van der Waals surface area contributed by atoms with Crippen LogP contribution in [0.2, 0.25) is 10.0 Å². The molecule has 0 aliphatic carbocycles. The van der Waals surface area contributed by atoms with Gasteiger partial charge in [0.25, 0.3) is 5.91 Å². The Morgan fingerprint density at radius 3 is 2.48 bits per heavy atom. The minimum absolute atomic E-state index is 0.266. The molecule has 0 saturated heterocycles. The lowest BCUT2D eigenvalue weighted by atomic mass is 10.1. The van der Waals surface area contributed by atoms with Crippen molar-refractivity contribution in [2.24, 2.45) is 0 Å². The Morgan fingerprint density at radius 2 is 1.74 bits per heavy atom. The Balaban J connectivity index is 1.68. The Bertz CT molecular complexity index is 1160. The molecule has 1 aromatic heterocycles. The van der Waals surface area contributed by atoms with Crippen molar-refractivity contribution in [2.75, 3.05) is 5.32 Å². The van der Waals surface area contributed by atoms with Gasteiger partial charge in [-0.2, -0.15) is 0 Å². The van der Waals surface area contributed by atoms with E-state index in [0.717, 1.165) is 15.4 Å². The summed E-state index contributed by atoms with van der Waals surface area (Å²) < 4.78 is 6.46. The monoisotopic (exact) mass is 460 g/mol. The topological polar surface area (TPSA) is 55.1 Å². The van der Waals surface area contributed by atoms with Gasteiger partial charge in [-0.15, -0.1) is 0 Å². The molecule has 4 rings (SSSR count). The number of fused-ring (bicyclic) bond motifs is 1. The van der Waals surface area contributed by atoms with Gasteiger partial charge in [0.05, 0.1) is 15.4 Å². The molecule has 134 valence electrons. The van der Waals surface area contributed by atoms with Crippen molar-refractivity contribution in [3.63, 3.8) is 0 Å². The molecule has 0 aliphatic heterocycles. The molecule has 27 heavy (non-hydrogen) atoms. The van der Waals surface area contributed by atoms with Crippen LogP contribution in [0.5, 0.6) is 0 Å². The highest BCUT2D eigenvalue weighted by atomic mass is 79.9. The first-order valence-electron chi connectivity index (χ1n) is 7.93. The number of amides is 1. The number of hydrogen-bond acceptors (Lipinski definition) is 3. The van der Waals surface area contributed by atoms with E-state index < -0.39 is 0 Å². The fourth-order valence-electron chi connectivity index (χ4n) is 2.67. The number of halogens is 3. The molecular weight excluding hydrogens is 451 g/mol. The number of rotatable bonds is 3. The number of aromatic nitrogens is 1. The van der Waals surface area contributed by atoms with Gasteiger partial charge in [-0.3, -0.25) is 4.79 Å². The number of carbonyl (C=O) groups excluding carboxylic acids is 1. The molecule has 4 aromatic rings. The van der Waals surface area contributed by atoms with E-state index >= 15 is 0 Å². The SMILES string of the molecule is O=C(Nc1ccc(Cl)c(Cl)c1)c1ccc2noc(-c3ccc(Br)cc3)c2c1. The van der Waals surface area contributed by atoms with E-state index in [0.29, 0.717) is 32.6 Å². The molecule has 0 saturated carbocycles. The van der Waals surface area contributed by atoms with Crippen LogP contribution in [-0.4, -0.2) is 11.1 Å². The summed E-state index contributed by atoms with van der Waals surface area (Å²) in [5.41, 5.74) is 2.60. The van der Waals surface area contributed by atoms with Crippen molar-refractivity contribution in [3.05, 3.63) is 80.7 Å². The molecule has 4 nitrogen and oxygen atoms in total. The minimum atomic E-state index is -0.266. The van der Waals surface area contributed by atoms with Crippen LogP contribution in [0, 0.1) is 0 Å². The maximum absolute atomic E-state index is 12.6. The van der Waals surface area contributed by atoms with Crippen LogP contribution in [-0.2, 0) is 0 Å². The van der Waals surface area contributed by atoms with Gasteiger partial charge < -0.3 is 9.84 Å². The number of nitrogens with zero attached hydrogens (tertiary/aromatic N) is 1.